The number of nitrogens with zero attached hydrogens (tertiary/aromatic N) is 1. The molecule has 2 rings (SSSR count). The summed E-state index contributed by atoms with van der Waals surface area (Å²) in [4.78, 5) is 2.54. The molecule has 0 saturated carbocycles. The van der Waals surface area contributed by atoms with Crippen LogP contribution in [0.5, 0.6) is 0 Å². The van der Waals surface area contributed by atoms with Gasteiger partial charge in [-0.15, -0.1) is 0 Å². The highest BCUT2D eigenvalue weighted by Crippen LogP contribution is 2.28. The second-order valence-corrected chi connectivity index (χ2v) is 6.65. The van der Waals surface area contributed by atoms with Crippen LogP contribution in [-0.4, -0.2) is 37.4 Å². The summed E-state index contributed by atoms with van der Waals surface area (Å²) in [7, 11) is 1.93. The maximum Gasteiger partial charge on any atom is 0.0610 e. The second kappa shape index (κ2) is 7.28. The zero-order valence-electron chi connectivity index (χ0n) is 13.8. The van der Waals surface area contributed by atoms with Gasteiger partial charge in [-0.05, 0) is 64.6 Å². The quantitative estimate of drug-likeness (QED) is 0.758. The highest BCUT2D eigenvalue weighted by atomic mass is 16.3. The van der Waals surface area contributed by atoms with Crippen LogP contribution in [-0.2, 0) is 6.42 Å². The Kier molecular flexibility index (Phi) is 5.65. The fourth-order valence-corrected chi connectivity index (χ4v) is 3.14. The van der Waals surface area contributed by atoms with Gasteiger partial charge in [-0.25, -0.2) is 0 Å². The molecule has 0 aromatic heterocycles. The van der Waals surface area contributed by atoms with Crippen molar-refractivity contribution in [1.82, 2.24) is 5.32 Å². The number of hydrogen-bond acceptors (Lipinski definition) is 3. The Labute approximate surface area is 129 Å². The summed E-state index contributed by atoms with van der Waals surface area (Å²) in [5.74, 6) is 0. The minimum Gasteiger partial charge on any atom is -0.394 e. The molecule has 118 valence electrons. The van der Waals surface area contributed by atoms with Gasteiger partial charge in [0.25, 0.3) is 0 Å². The van der Waals surface area contributed by atoms with Crippen molar-refractivity contribution >= 4 is 5.69 Å². The molecule has 0 fully saturated rings. The Bertz CT molecular complexity index is 455. The third kappa shape index (κ3) is 4.21. The van der Waals surface area contributed by atoms with Crippen molar-refractivity contribution in [2.24, 2.45) is 0 Å². The summed E-state index contributed by atoms with van der Waals surface area (Å²) in [6.45, 7) is 6.77. The van der Waals surface area contributed by atoms with Crippen molar-refractivity contribution in [3.8, 4) is 0 Å². The van der Waals surface area contributed by atoms with Crippen LogP contribution in [0.3, 0.4) is 0 Å². The SMILES string of the molecule is CNC(C)(CO)CCCCN1CCCc2cc(C)ccc21. The fourth-order valence-electron chi connectivity index (χ4n) is 3.14. The molecular formula is C18H30N2O. The van der Waals surface area contributed by atoms with Crippen LogP contribution >= 0.6 is 0 Å². The molecule has 1 aromatic carbocycles. The van der Waals surface area contributed by atoms with Gasteiger partial charge in [0.05, 0.1) is 6.61 Å². The summed E-state index contributed by atoms with van der Waals surface area (Å²) in [5.41, 5.74) is 4.18. The molecule has 0 aliphatic carbocycles. The summed E-state index contributed by atoms with van der Waals surface area (Å²) in [5, 5.41) is 12.6. The first-order valence-corrected chi connectivity index (χ1v) is 8.22. The lowest BCUT2D eigenvalue weighted by Gasteiger charge is -2.32. The maximum absolute atomic E-state index is 9.42. The van der Waals surface area contributed by atoms with Gasteiger partial charge in [0.1, 0.15) is 0 Å². The third-order valence-electron chi connectivity index (χ3n) is 4.81. The van der Waals surface area contributed by atoms with Gasteiger partial charge >= 0.3 is 0 Å². The van der Waals surface area contributed by atoms with Gasteiger partial charge in [-0.1, -0.05) is 17.7 Å². The number of anilines is 1. The van der Waals surface area contributed by atoms with Crippen molar-refractivity contribution in [2.45, 2.75) is 51.5 Å². The molecular weight excluding hydrogens is 260 g/mol. The Balaban J connectivity index is 1.85. The standard InChI is InChI=1S/C18H30N2O/c1-15-8-9-17-16(13-15)7-6-12-20(17)11-5-4-10-18(2,14-21)19-3/h8-9,13,19,21H,4-7,10-12,14H2,1-3H3. The van der Waals surface area contributed by atoms with E-state index in [2.05, 4.69) is 42.3 Å². The number of benzene rings is 1. The van der Waals surface area contributed by atoms with E-state index >= 15 is 0 Å². The molecule has 1 aromatic rings. The molecule has 2 N–H and O–H groups in total. The van der Waals surface area contributed by atoms with Crippen molar-refractivity contribution in [3.05, 3.63) is 29.3 Å². The first kappa shape index (κ1) is 16.3. The van der Waals surface area contributed by atoms with E-state index < -0.39 is 0 Å². The van der Waals surface area contributed by atoms with E-state index in [9.17, 15) is 5.11 Å². The average Bonchev–Trinajstić information content (AvgIpc) is 2.51. The van der Waals surface area contributed by atoms with E-state index in [1.807, 2.05) is 7.05 Å². The normalized spacial score (nSPS) is 17.4. The minimum atomic E-state index is -0.128. The summed E-state index contributed by atoms with van der Waals surface area (Å²) >= 11 is 0. The predicted molar refractivity (Wildman–Crippen MR) is 90.1 cm³/mol. The number of hydrogen-bond donors (Lipinski definition) is 2. The summed E-state index contributed by atoms with van der Waals surface area (Å²) < 4.78 is 0. The molecule has 1 aliphatic rings. The largest absolute Gasteiger partial charge is 0.394 e. The van der Waals surface area contributed by atoms with E-state index in [4.69, 9.17) is 0 Å². The van der Waals surface area contributed by atoms with Gasteiger partial charge in [0.2, 0.25) is 0 Å². The predicted octanol–water partition coefficient (Wildman–Crippen LogP) is 2.89. The van der Waals surface area contributed by atoms with Crippen molar-refractivity contribution in [3.63, 3.8) is 0 Å². The van der Waals surface area contributed by atoms with Gasteiger partial charge in [-0.3, -0.25) is 0 Å². The van der Waals surface area contributed by atoms with E-state index in [1.54, 1.807) is 0 Å². The number of unbranched alkanes of at least 4 members (excludes halogenated alkanes) is 1. The molecule has 21 heavy (non-hydrogen) atoms. The monoisotopic (exact) mass is 290 g/mol. The van der Waals surface area contributed by atoms with Crippen molar-refractivity contribution in [1.29, 1.82) is 0 Å². The third-order valence-corrected chi connectivity index (χ3v) is 4.81. The number of nitrogens with one attached hydrogen (secondary N) is 1. The molecule has 1 aliphatic heterocycles. The lowest BCUT2D eigenvalue weighted by Crippen LogP contribution is -2.43. The smallest absolute Gasteiger partial charge is 0.0610 e. The Hall–Kier alpha value is -1.06. The van der Waals surface area contributed by atoms with E-state index in [0.29, 0.717) is 0 Å². The Morgan fingerprint density at radius 1 is 1.33 bits per heavy atom. The molecule has 3 heteroatoms. The topological polar surface area (TPSA) is 35.5 Å². The van der Waals surface area contributed by atoms with E-state index in [1.165, 1.54) is 42.6 Å². The number of aliphatic hydroxyl groups excluding tert-OH is 1. The molecule has 1 atom stereocenters. The van der Waals surface area contributed by atoms with Crippen LogP contribution < -0.4 is 10.2 Å². The van der Waals surface area contributed by atoms with Crippen LogP contribution in [0.25, 0.3) is 0 Å². The van der Waals surface area contributed by atoms with Crippen molar-refractivity contribution in [2.75, 3.05) is 31.6 Å². The van der Waals surface area contributed by atoms with Crippen LogP contribution in [0.1, 0.15) is 43.7 Å². The van der Waals surface area contributed by atoms with Gasteiger partial charge in [0.15, 0.2) is 0 Å². The summed E-state index contributed by atoms with van der Waals surface area (Å²) in [6.07, 6.45) is 5.84. The van der Waals surface area contributed by atoms with Crippen LogP contribution in [0.2, 0.25) is 0 Å². The first-order valence-electron chi connectivity index (χ1n) is 8.22. The molecule has 3 nitrogen and oxygen atoms in total. The Morgan fingerprint density at radius 3 is 2.86 bits per heavy atom. The molecule has 0 spiro atoms. The number of aliphatic hydroxyl groups is 1. The molecule has 0 radical (unpaired) electrons. The first-order chi connectivity index (χ1) is 10.1. The summed E-state index contributed by atoms with van der Waals surface area (Å²) in [6, 6.07) is 6.85. The van der Waals surface area contributed by atoms with Crippen molar-refractivity contribution < 1.29 is 5.11 Å². The number of rotatable bonds is 7. The lowest BCUT2D eigenvalue weighted by atomic mass is 9.95. The lowest BCUT2D eigenvalue weighted by molar-refractivity contribution is 0.171. The number of aryl methyl sites for hydroxylation is 2. The number of fused-ring (bicyclic) bond motifs is 1. The number of likely N-dealkylation sites (N-methyl/N-ethyl adjacent to an activating group) is 1. The second-order valence-electron chi connectivity index (χ2n) is 6.65. The Morgan fingerprint density at radius 2 is 2.14 bits per heavy atom. The molecule has 1 unspecified atom stereocenters. The van der Waals surface area contributed by atoms with Crippen LogP contribution in [0.4, 0.5) is 5.69 Å². The highest BCUT2D eigenvalue weighted by molar-refractivity contribution is 5.56. The van der Waals surface area contributed by atoms with Gasteiger partial charge in [0, 0.05) is 24.3 Å². The fraction of sp³-hybridized carbons (Fsp3) is 0.667. The van der Waals surface area contributed by atoms with Gasteiger partial charge in [-0.2, -0.15) is 0 Å². The highest BCUT2D eigenvalue weighted by Gasteiger charge is 2.20. The minimum absolute atomic E-state index is 0.128. The maximum atomic E-state index is 9.42. The molecule has 0 amide bonds. The molecule has 0 bridgehead atoms. The van der Waals surface area contributed by atoms with E-state index in [0.717, 1.165) is 19.4 Å². The molecule has 1 heterocycles. The van der Waals surface area contributed by atoms with Crippen LogP contribution in [0, 0.1) is 6.92 Å². The van der Waals surface area contributed by atoms with E-state index in [-0.39, 0.29) is 12.1 Å². The van der Waals surface area contributed by atoms with Crippen LogP contribution in [0.15, 0.2) is 18.2 Å². The average molecular weight is 290 g/mol. The zero-order chi connectivity index (χ0) is 15.3. The zero-order valence-corrected chi connectivity index (χ0v) is 13.8. The molecule has 0 saturated heterocycles. The van der Waals surface area contributed by atoms with Gasteiger partial charge < -0.3 is 15.3 Å².